The van der Waals surface area contributed by atoms with Crippen LogP contribution >= 0.6 is 0 Å². The molecule has 0 spiro atoms. The van der Waals surface area contributed by atoms with Gasteiger partial charge in [0.1, 0.15) is 5.82 Å². The van der Waals surface area contributed by atoms with Crippen LogP contribution in [0.25, 0.3) is 0 Å². The maximum Gasteiger partial charge on any atom is 0.415 e. The van der Waals surface area contributed by atoms with Crippen LogP contribution in [0.1, 0.15) is 16.1 Å². The third-order valence-corrected chi connectivity index (χ3v) is 2.78. The van der Waals surface area contributed by atoms with Crippen LogP contribution in [0.3, 0.4) is 0 Å². The standard InChI is InChI=1S/C13H13BFN3O2/c1-9-3-5-11(7-16-9)18(14(2)20)12-6-4-10(8-19)13(15)17-12/h3-8,20H,1-2H3. The van der Waals surface area contributed by atoms with Gasteiger partial charge in [-0.25, -0.2) is 4.98 Å². The number of hydrogen-bond acceptors (Lipinski definition) is 5. The summed E-state index contributed by atoms with van der Waals surface area (Å²) in [5.74, 6) is -0.669. The monoisotopic (exact) mass is 273 g/mol. The second-order valence-electron chi connectivity index (χ2n) is 4.33. The van der Waals surface area contributed by atoms with Crippen molar-refractivity contribution < 1.29 is 14.2 Å². The summed E-state index contributed by atoms with van der Waals surface area (Å²) in [6.07, 6.45) is 1.96. The van der Waals surface area contributed by atoms with Crippen LogP contribution in [0.2, 0.25) is 6.82 Å². The van der Waals surface area contributed by atoms with E-state index in [2.05, 4.69) is 9.97 Å². The molecule has 0 atom stereocenters. The van der Waals surface area contributed by atoms with Gasteiger partial charge in [-0.1, -0.05) is 0 Å². The van der Waals surface area contributed by atoms with Gasteiger partial charge >= 0.3 is 7.05 Å². The normalized spacial score (nSPS) is 10.2. The molecule has 2 rings (SSSR count). The van der Waals surface area contributed by atoms with Gasteiger partial charge in [-0.05, 0) is 38.0 Å². The van der Waals surface area contributed by atoms with E-state index in [1.165, 1.54) is 23.8 Å². The van der Waals surface area contributed by atoms with Gasteiger partial charge in [0, 0.05) is 11.9 Å². The number of hydrogen-bond donors (Lipinski definition) is 1. The number of carbonyl (C=O) groups is 1. The Bertz CT molecular complexity index is 620. The van der Waals surface area contributed by atoms with Crippen molar-refractivity contribution in [3.05, 3.63) is 47.7 Å². The predicted octanol–water partition coefficient (Wildman–Crippen LogP) is 1.99. The van der Waals surface area contributed by atoms with Gasteiger partial charge in [-0.15, -0.1) is 0 Å². The number of aromatic nitrogens is 2. The van der Waals surface area contributed by atoms with Gasteiger partial charge in [-0.3, -0.25) is 9.78 Å². The molecule has 0 amide bonds. The minimum atomic E-state index is -0.923. The molecule has 0 aliphatic carbocycles. The summed E-state index contributed by atoms with van der Waals surface area (Å²) < 4.78 is 13.6. The molecule has 0 saturated carbocycles. The Morgan fingerprint density at radius 2 is 2.10 bits per heavy atom. The van der Waals surface area contributed by atoms with Crippen LogP contribution in [0.5, 0.6) is 0 Å². The highest BCUT2D eigenvalue weighted by atomic mass is 19.1. The Labute approximate surface area is 116 Å². The Hall–Kier alpha value is -2.28. The molecule has 7 heteroatoms. The molecule has 0 bridgehead atoms. The lowest BCUT2D eigenvalue weighted by Crippen LogP contribution is -2.33. The minimum absolute atomic E-state index is 0.124. The molecular weight excluding hydrogens is 260 g/mol. The number of rotatable bonds is 4. The van der Waals surface area contributed by atoms with Gasteiger partial charge in [0.05, 0.1) is 11.3 Å². The molecule has 2 aromatic heterocycles. The third-order valence-electron chi connectivity index (χ3n) is 2.78. The molecule has 2 heterocycles. The summed E-state index contributed by atoms with van der Waals surface area (Å²) in [6.45, 7) is 3.38. The fraction of sp³-hybridized carbons (Fsp3) is 0.154. The summed E-state index contributed by atoms with van der Waals surface area (Å²) in [5.41, 5.74) is 1.28. The zero-order valence-electron chi connectivity index (χ0n) is 11.1. The van der Waals surface area contributed by atoms with Gasteiger partial charge in [0.2, 0.25) is 5.95 Å². The minimum Gasteiger partial charge on any atom is -0.432 e. The first-order valence-corrected chi connectivity index (χ1v) is 6.04. The van der Waals surface area contributed by atoms with Gasteiger partial charge < -0.3 is 9.83 Å². The van der Waals surface area contributed by atoms with E-state index >= 15 is 0 Å². The maximum absolute atomic E-state index is 13.6. The number of halogens is 1. The number of carbonyl (C=O) groups excluding carboxylic acids is 1. The van der Waals surface area contributed by atoms with Crippen molar-refractivity contribution in [2.24, 2.45) is 0 Å². The summed E-state index contributed by atoms with van der Waals surface area (Å²) in [5, 5.41) is 9.87. The van der Waals surface area contributed by atoms with Gasteiger partial charge in [0.25, 0.3) is 0 Å². The van der Waals surface area contributed by atoms with Crippen LogP contribution in [0.4, 0.5) is 15.9 Å². The quantitative estimate of drug-likeness (QED) is 0.524. The number of pyridine rings is 2. The largest absolute Gasteiger partial charge is 0.432 e. The molecule has 0 aromatic carbocycles. The molecule has 0 fully saturated rings. The van der Waals surface area contributed by atoms with Crippen LogP contribution in [-0.4, -0.2) is 28.3 Å². The average molecular weight is 273 g/mol. The zero-order valence-corrected chi connectivity index (χ0v) is 11.1. The van der Waals surface area contributed by atoms with Gasteiger partial charge in [-0.2, -0.15) is 4.39 Å². The lowest BCUT2D eigenvalue weighted by atomic mass is 9.84. The van der Waals surface area contributed by atoms with Gasteiger partial charge in [0.15, 0.2) is 6.29 Å². The number of aryl methyl sites for hydroxylation is 1. The van der Waals surface area contributed by atoms with E-state index in [1.807, 2.05) is 6.92 Å². The van der Waals surface area contributed by atoms with Crippen LogP contribution in [0.15, 0.2) is 30.5 Å². The van der Waals surface area contributed by atoms with Crippen LogP contribution in [-0.2, 0) is 0 Å². The smallest absolute Gasteiger partial charge is 0.415 e. The average Bonchev–Trinajstić information content (AvgIpc) is 2.41. The van der Waals surface area contributed by atoms with Crippen molar-refractivity contribution in [2.75, 3.05) is 4.81 Å². The molecule has 0 aliphatic rings. The van der Waals surface area contributed by atoms with Crippen molar-refractivity contribution in [1.82, 2.24) is 9.97 Å². The first-order chi connectivity index (χ1) is 9.52. The van der Waals surface area contributed by atoms with E-state index in [0.29, 0.717) is 12.0 Å². The van der Waals surface area contributed by atoms with E-state index < -0.39 is 13.0 Å². The fourth-order valence-electron chi connectivity index (χ4n) is 1.80. The second kappa shape index (κ2) is 5.79. The molecule has 0 unspecified atom stereocenters. The molecular formula is C13H13BFN3O2. The molecule has 102 valence electrons. The summed E-state index contributed by atoms with van der Waals surface area (Å²) >= 11 is 0. The molecule has 0 saturated heterocycles. The first-order valence-electron chi connectivity index (χ1n) is 6.04. The Kier molecular flexibility index (Phi) is 4.09. The Balaban J connectivity index is 2.45. The molecule has 5 nitrogen and oxygen atoms in total. The Morgan fingerprint density at radius 1 is 1.35 bits per heavy atom. The van der Waals surface area contributed by atoms with Crippen molar-refractivity contribution in [2.45, 2.75) is 13.7 Å². The zero-order chi connectivity index (χ0) is 14.7. The number of aldehydes is 1. The van der Waals surface area contributed by atoms with Crippen molar-refractivity contribution >= 4 is 24.8 Å². The summed E-state index contributed by atoms with van der Waals surface area (Å²) in [7, 11) is -0.923. The number of anilines is 2. The molecule has 2 aromatic rings. The van der Waals surface area contributed by atoms with Crippen LogP contribution < -0.4 is 4.81 Å². The second-order valence-corrected chi connectivity index (χ2v) is 4.33. The number of nitrogens with zero attached hydrogens (tertiary/aromatic N) is 3. The Morgan fingerprint density at radius 3 is 2.60 bits per heavy atom. The van der Waals surface area contributed by atoms with Crippen molar-refractivity contribution in [3.63, 3.8) is 0 Å². The summed E-state index contributed by atoms with van der Waals surface area (Å²) in [6, 6.07) is 6.32. The topological polar surface area (TPSA) is 66.3 Å². The SMILES string of the molecule is CB(O)N(c1ccc(C)nc1)c1ccc(C=O)c(F)n1. The van der Waals surface area contributed by atoms with Crippen molar-refractivity contribution in [3.8, 4) is 0 Å². The highest BCUT2D eigenvalue weighted by Crippen LogP contribution is 2.24. The van der Waals surface area contributed by atoms with E-state index in [-0.39, 0.29) is 11.4 Å². The highest BCUT2D eigenvalue weighted by Gasteiger charge is 2.21. The lowest BCUT2D eigenvalue weighted by Gasteiger charge is -2.24. The molecule has 1 N–H and O–H groups in total. The molecule has 0 aliphatic heterocycles. The highest BCUT2D eigenvalue weighted by molar-refractivity contribution is 6.55. The van der Waals surface area contributed by atoms with Crippen LogP contribution in [0, 0.1) is 12.9 Å². The lowest BCUT2D eigenvalue weighted by molar-refractivity contribution is 0.111. The third kappa shape index (κ3) is 2.83. The predicted molar refractivity (Wildman–Crippen MR) is 74.5 cm³/mol. The maximum atomic E-state index is 13.6. The van der Waals surface area contributed by atoms with E-state index in [4.69, 9.17) is 0 Å². The van der Waals surface area contributed by atoms with E-state index in [0.717, 1.165) is 5.69 Å². The van der Waals surface area contributed by atoms with E-state index in [1.54, 1.807) is 18.3 Å². The molecule has 20 heavy (non-hydrogen) atoms. The molecule has 0 radical (unpaired) electrons. The van der Waals surface area contributed by atoms with Crippen molar-refractivity contribution in [1.29, 1.82) is 0 Å². The first kappa shape index (κ1) is 14.1. The fourth-order valence-corrected chi connectivity index (χ4v) is 1.80. The van der Waals surface area contributed by atoms with E-state index in [9.17, 15) is 14.2 Å². The summed E-state index contributed by atoms with van der Waals surface area (Å²) in [4.78, 5) is 19.9.